The van der Waals surface area contributed by atoms with Crippen LogP contribution in [0, 0.1) is 0 Å². The van der Waals surface area contributed by atoms with Crippen molar-refractivity contribution in [1.29, 1.82) is 0 Å². The first-order valence-corrected chi connectivity index (χ1v) is 8.93. The van der Waals surface area contributed by atoms with Gasteiger partial charge in [0, 0.05) is 18.1 Å². The van der Waals surface area contributed by atoms with Gasteiger partial charge in [-0.05, 0) is 22.9 Å². The van der Waals surface area contributed by atoms with Gasteiger partial charge in [0.2, 0.25) is 17.4 Å². The number of ether oxygens (including phenoxy) is 1. The molecule has 29 heavy (non-hydrogen) atoms. The van der Waals surface area contributed by atoms with E-state index in [2.05, 4.69) is 5.32 Å². The molecule has 0 bridgehead atoms. The third-order valence-electron chi connectivity index (χ3n) is 4.38. The number of carbonyl (C=O) groups is 2. The van der Waals surface area contributed by atoms with Crippen molar-refractivity contribution >= 4 is 28.5 Å². The molecule has 0 unspecified atom stereocenters. The summed E-state index contributed by atoms with van der Waals surface area (Å²) in [6.07, 6.45) is 0. The van der Waals surface area contributed by atoms with E-state index in [1.807, 2.05) is 36.4 Å². The fourth-order valence-electron chi connectivity index (χ4n) is 3.10. The molecule has 0 fully saturated rings. The van der Waals surface area contributed by atoms with Gasteiger partial charge in [0.1, 0.15) is 0 Å². The molecule has 0 saturated carbocycles. The molecule has 0 aliphatic heterocycles. The third-order valence-corrected chi connectivity index (χ3v) is 4.38. The smallest absolute Gasteiger partial charge is 0.308 e. The Bertz CT molecular complexity index is 1210. The lowest BCUT2D eigenvalue weighted by Gasteiger charge is -2.04. The molecule has 0 spiro atoms. The van der Waals surface area contributed by atoms with Crippen molar-refractivity contribution in [3.8, 4) is 22.8 Å². The molecule has 4 aromatic rings. The molecule has 144 valence electrons. The van der Waals surface area contributed by atoms with Crippen molar-refractivity contribution in [2.45, 2.75) is 6.92 Å². The van der Waals surface area contributed by atoms with E-state index >= 15 is 0 Å². The standard InChI is InChI=1S/C23H17NO5/c1-14(25)28-21-19(26)20(18-13-7-11-15-8-5-6-12-17(15)18)29-23(21)24-22(27)16-9-3-2-4-10-16/h2-13,26H,1H3,(H,24,27). The van der Waals surface area contributed by atoms with Crippen molar-refractivity contribution in [3.63, 3.8) is 0 Å². The van der Waals surface area contributed by atoms with Crippen molar-refractivity contribution in [1.82, 2.24) is 0 Å². The molecular weight excluding hydrogens is 370 g/mol. The van der Waals surface area contributed by atoms with E-state index in [1.165, 1.54) is 6.92 Å². The van der Waals surface area contributed by atoms with Crippen LogP contribution in [0.2, 0.25) is 0 Å². The van der Waals surface area contributed by atoms with Gasteiger partial charge >= 0.3 is 5.97 Å². The maximum absolute atomic E-state index is 12.5. The largest absolute Gasteiger partial charge is 0.502 e. The minimum Gasteiger partial charge on any atom is -0.502 e. The summed E-state index contributed by atoms with van der Waals surface area (Å²) in [4.78, 5) is 24.1. The summed E-state index contributed by atoms with van der Waals surface area (Å²) in [5.74, 6) is -1.75. The quantitative estimate of drug-likeness (QED) is 0.482. The number of carbonyl (C=O) groups excluding carboxylic acids is 2. The van der Waals surface area contributed by atoms with Gasteiger partial charge in [0.25, 0.3) is 5.91 Å². The molecule has 0 atom stereocenters. The van der Waals surface area contributed by atoms with Gasteiger partial charge in [-0.1, -0.05) is 60.7 Å². The molecule has 3 aromatic carbocycles. The highest BCUT2D eigenvalue weighted by Gasteiger charge is 2.26. The summed E-state index contributed by atoms with van der Waals surface area (Å²) >= 11 is 0. The predicted octanol–water partition coefficient (Wildman–Crippen LogP) is 4.98. The second kappa shape index (κ2) is 7.52. The second-order valence-corrected chi connectivity index (χ2v) is 6.38. The molecule has 1 amide bonds. The number of esters is 1. The Morgan fingerprint density at radius 3 is 2.38 bits per heavy atom. The van der Waals surface area contributed by atoms with Gasteiger partial charge in [0.15, 0.2) is 5.76 Å². The number of fused-ring (bicyclic) bond motifs is 1. The topological polar surface area (TPSA) is 88.8 Å². The maximum Gasteiger partial charge on any atom is 0.308 e. The number of amides is 1. The van der Waals surface area contributed by atoms with Crippen LogP contribution in [0.3, 0.4) is 0 Å². The van der Waals surface area contributed by atoms with E-state index in [0.717, 1.165) is 10.8 Å². The van der Waals surface area contributed by atoms with Gasteiger partial charge in [-0.25, -0.2) is 0 Å². The Kier molecular flexibility index (Phi) is 4.75. The number of rotatable bonds is 4. The van der Waals surface area contributed by atoms with Crippen molar-refractivity contribution in [2.24, 2.45) is 0 Å². The van der Waals surface area contributed by atoms with Crippen LogP contribution in [0.15, 0.2) is 77.2 Å². The van der Waals surface area contributed by atoms with Crippen LogP contribution >= 0.6 is 0 Å². The van der Waals surface area contributed by atoms with Gasteiger partial charge in [-0.3, -0.25) is 14.9 Å². The number of aromatic hydroxyl groups is 1. The monoisotopic (exact) mass is 387 g/mol. The molecule has 6 heteroatoms. The number of hydrogen-bond donors (Lipinski definition) is 2. The molecule has 0 aliphatic rings. The zero-order valence-corrected chi connectivity index (χ0v) is 15.5. The minimum absolute atomic E-state index is 0.0985. The zero-order chi connectivity index (χ0) is 20.4. The van der Waals surface area contributed by atoms with E-state index in [0.29, 0.717) is 11.1 Å². The molecule has 0 radical (unpaired) electrons. The minimum atomic E-state index is -0.652. The van der Waals surface area contributed by atoms with Crippen LogP contribution in [-0.4, -0.2) is 17.0 Å². The highest BCUT2D eigenvalue weighted by molar-refractivity contribution is 6.05. The summed E-state index contributed by atoms with van der Waals surface area (Å²) in [6, 6.07) is 21.7. The Hall–Kier alpha value is -4.06. The predicted molar refractivity (Wildman–Crippen MR) is 109 cm³/mol. The molecule has 0 saturated heterocycles. The van der Waals surface area contributed by atoms with E-state index in [9.17, 15) is 14.7 Å². The Labute approximate surface area is 166 Å². The van der Waals surface area contributed by atoms with Crippen molar-refractivity contribution in [2.75, 3.05) is 5.32 Å². The number of nitrogens with one attached hydrogen (secondary N) is 1. The number of anilines is 1. The number of furan rings is 1. The van der Waals surface area contributed by atoms with Crippen LogP contribution in [0.1, 0.15) is 17.3 Å². The summed E-state index contributed by atoms with van der Waals surface area (Å²) in [7, 11) is 0. The first-order valence-electron chi connectivity index (χ1n) is 8.93. The molecule has 0 aliphatic carbocycles. The van der Waals surface area contributed by atoms with Crippen LogP contribution in [-0.2, 0) is 4.79 Å². The van der Waals surface area contributed by atoms with E-state index in [-0.39, 0.29) is 23.1 Å². The highest BCUT2D eigenvalue weighted by atomic mass is 16.6. The molecule has 2 N–H and O–H groups in total. The number of hydrogen-bond acceptors (Lipinski definition) is 5. The van der Waals surface area contributed by atoms with Crippen molar-refractivity contribution in [3.05, 3.63) is 78.4 Å². The van der Waals surface area contributed by atoms with E-state index in [1.54, 1.807) is 36.4 Å². The lowest BCUT2D eigenvalue weighted by molar-refractivity contribution is -0.132. The maximum atomic E-state index is 12.5. The normalized spacial score (nSPS) is 10.7. The van der Waals surface area contributed by atoms with E-state index < -0.39 is 11.9 Å². The highest BCUT2D eigenvalue weighted by Crippen LogP contribution is 2.47. The van der Waals surface area contributed by atoms with Crippen LogP contribution in [0.4, 0.5) is 5.88 Å². The van der Waals surface area contributed by atoms with Gasteiger partial charge in [-0.15, -0.1) is 0 Å². The lowest BCUT2D eigenvalue weighted by Crippen LogP contribution is -2.12. The zero-order valence-electron chi connectivity index (χ0n) is 15.5. The number of benzene rings is 3. The average Bonchev–Trinajstić information content (AvgIpc) is 3.03. The molecule has 6 nitrogen and oxygen atoms in total. The molecule has 4 rings (SSSR count). The molecule has 1 aromatic heterocycles. The summed E-state index contributed by atoms with van der Waals surface area (Å²) in [6.45, 7) is 1.20. The average molecular weight is 387 g/mol. The fourth-order valence-corrected chi connectivity index (χ4v) is 3.10. The molecular formula is C23H17NO5. The van der Waals surface area contributed by atoms with Gasteiger partial charge in [-0.2, -0.15) is 0 Å². The SMILES string of the molecule is CC(=O)Oc1c(NC(=O)c2ccccc2)oc(-c2cccc3ccccc23)c1O. The first kappa shape index (κ1) is 18.3. The Morgan fingerprint density at radius 2 is 1.62 bits per heavy atom. The Morgan fingerprint density at radius 1 is 0.931 bits per heavy atom. The fraction of sp³-hybridized carbons (Fsp3) is 0.0435. The van der Waals surface area contributed by atoms with Gasteiger partial charge in [0.05, 0.1) is 0 Å². The van der Waals surface area contributed by atoms with Gasteiger partial charge < -0.3 is 14.3 Å². The van der Waals surface area contributed by atoms with Crippen LogP contribution in [0.25, 0.3) is 22.1 Å². The third kappa shape index (κ3) is 3.55. The lowest BCUT2D eigenvalue weighted by atomic mass is 10.0. The molecule has 1 heterocycles. The Balaban J connectivity index is 1.82. The summed E-state index contributed by atoms with van der Waals surface area (Å²) in [5.41, 5.74) is 0.998. The van der Waals surface area contributed by atoms with Crippen molar-refractivity contribution < 1.29 is 23.8 Å². The summed E-state index contributed by atoms with van der Waals surface area (Å²) in [5, 5.41) is 15.1. The first-order chi connectivity index (χ1) is 14.0. The second-order valence-electron chi connectivity index (χ2n) is 6.38. The van der Waals surface area contributed by atoms with E-state index in [4.69, 9.17) is 9.15 Å². The van der Waals surface area contributed by atoms with Crippen LogP contribution in [0.5, 0.6) is 11.5 Å². The summed E-state index contributed by atoms with van der Waals surface area (Å²) < 4.78 is 10.9. The van der Waals surface area contributed by atoms with Crippen LogP contribution < -0.4 is 10.1 Å².